The van der Waals surface area contributed by atoms with Gasteiger partial charge in [-0.2, -0.15) is 13.2 Å². The fourth-order valence-electron chi connectivity index (χ4n) is 3.97. The summed E-state index contributed by atoms with van der Waals surface area (Å²) in [6.45, 7) is 2.46. The van der Waals surface area contributed by atoms with Crippen LogP contribution < -0.4 is 5.32 Å². The maximum absolute atomic E-state index is 13.3. The van der Waals surface area contributed by atoms with Gasteiger partial charge >= 0.3 is 12.1 Å². The van der Waals surface area contributed by atoms with Gasteiger partial charge in [-0.1, -0.05) is 35.9 Å². The smallest absolute Gasteiger partial charge is 0.416 e. The predicted molar refractivity (Wildman–Crippen MR) is 124 cm³/mol. The summed E-state index contributed by atoms with van der Waals surface area (Å²) in [5.41, 5.74) is 1.38. The van der Waals surface area contributed by atoms with Crippen LogP contribution in [0, 0.1) is 5.92 Å². The molecule has 1 aliphatic carbocycles. The first-order valence-corrected chi connectivity index (χ1v) is 11.3. The van der Waals surface area contributed by atoms with Crippen molar-refractivity contribution in [3.8, 4) is 0 Å². The second-order valence-electron chi connectivity index (χ2n) is 8.51. The van der Waals surface area contributed by atoms with Gasteiger partial charge in [0.05, 0.1) is 30.8 Å². The number of halogens is 4. The van der Waals surface area contributed by atoms with Crippen molar-refractivity contribution in [1.82, 2.24) is 10.2 Å². The van der Waals surface area contributed by atoms with Crippen LogP contribution in [0.3, 0.4) is 0 Å². The summed E-state index contributed by atoms with van der Waals surface area (Å²) < 4.78 is 44.9. The second-order valence-corrected chi connectivity index (χ2v) is 8.95. The number of nitrogens with one attached hydrogen (secondary N) is 1. The van der Waals surface area contributed by atoms with E-state index >= 15 is 0 Å². The maximum atomic E-state index is 13.3. The van der Waals surface area contributed by atoms with E-state index in [0.717, 1.165) is 30.5 Å². The van der Waals surface area contributed by atoms with Gasteiger partial charge in [-0.05, 0) is 61.1 Å². The molecule has 34 heavy (non-hydrogen) atoms. The van der Waals surface area contributed by atoms with Gasteiger partial charge in [0.1, 0.15) is 0 Å². The minimum Gasteiger partial charge on any atom is -0.466 e. The fraction of sp³-hybridized carbons (Fsp3) is 0.360. The van der Waals surface area contributed by atoms with Gasteiger partial charge in [-0.3, -0.25) is 4.99 Å². The lowest BCUT2D eigenvalue weighted by molar-refractivity contribution is -0.138. The molecule has 5 nitrogen and oxygen atoms in total. The SMILES string of the molecule is COC(=O)C1=C(C)N(Cc2cccc(C(F)(F)F)c2)C(=NCC2CC2)NC1c1cccc(Cl)c1. The number of aliphatic imine (C=N–C) groups is 1. The monoisotopic (exact) mass is 491 g/mol. The summed E-state index contributed by atoms with van der Waals surface area (Å²) in [5, 5.41) is 3.85. The second kappa shape index (κ2) is 9.70. The summed E-state index contributed by atoms with van der Waals surface area (Å²) >= 11 is 6.20. The van der Waals surface area contributed by atoms with Crippen molar-refractivity contribution in [3.63, 3.8) is 0 Å². The van der Waals surface area contributed by atoms with Crippen molar-refractivity contribution in [2.45, 2.75) is 38.5 Å². The van der Waals surface area contributed by atoms with Crippen molar-refractivity contribution in [1.29, 1.82) is 0 Å². The number of nitrogens with zero attached hydrogens (tertiary/aromatic N) is 2. The first-order chi connectivity index (χ1) is 16.2. The number of carbonyl (C=O) groups excluding carboxylic acids is 1. The number of hydrogen-bond acceptors (Lipinski definition) is 3. The van der Waals surface area contributed by atoms with Gasteiger partial charge in [0.15, 0.2) is 5.96 Å². The number of allylic oxidation sites excluding steroid dienone is 1. The third-order valence-corrected chi connectivity index (χ3v) is 6.23. The molecule has 1 fully saturated rings. The number of ether oxygens (including phenoxy) is 1. The number of carbonyl (C=O) groups is 1. The Morgan fingerprint density at radius 2 is 1.94 bits per heavy atom. The lowest BCUT2D eigenvalue weighted by Gasteiger charge is -2.38. The molecule has 1 heterocycles. The number of esters is 1. The molecule has 1 aliphatic heterocycles. The Morgan fingerprint density at radius 1 is 1.21 bits per heavy atom. The van der Waals surface area contributed by atoms with Gasteiger partial charge in [0, 0.05) is 17.3 Å². The predicted octanol–water partition coefficient (Wildman–Crippen LogP) is 5.72. The van der Waals surface area contributed by atoms with Crippen LogP contribution in [-0.2, 0) is 22.3 Å². The van der Waals surface area contributed by atoms with E-state index in [4.69, 9.17) is 21.3 Å². The zero-order valence-electron chi connectivity index (χ0n) is 18.8. The molecule has 4 rings (SSSR count). The molecule has 1 unspecified atom stereocenters. The van der Waals surface area contributed by atoms with E-state index in [-0.39, 0.29) is 6.54 Å². The highest BCUT2D eigenvalue weighted by Gasteiger charge is 2.36. The van der Waals surface area contributed by atoms with Gasteiger partial charge in [0.25, 0.3) is 0 Å². The normalized spacial score (nSPS) is 19.9. The highest BCUT2D eigenvalue weighted by atomic mass is 35.5. The molecule has 0 aromatic heterocycles. The zero-order valence-corrected chi connectivity index (χ0v) is 19.6. The summed E-state index contributed by atoms with van der Waals surface area (Å²) in [4.78, 5) is 19.3. The van der Waals surface area contributed by atoms with Gasteiger partial charge < -0.3 is 15.0 Å². The fourth-order valence-corrected chi connectivity index (χ4v) is 4.17. The van der Waals surface area contributed by atoms with E-state index in [2.05, 4.69) is 5.32 Å². The average molecular weight is 492 g/mol. The molecule has 1 N–H and O–H groups in total. The molecule has 0 bridgehead atoms. The standard InChI is InChI=1S/C25H25ClF3N3O2/c1-15-21(23(33)34-2)22(18-6-4-8-20(26)12-18)31-24(30-13-16-9-10-16)32(15)14-17-5-3-7-19(11-17)25(27,28)29/h3-8,11-12,16,22H,9-10,13-14H2,1-2H3,(H,30,31). The molecule has 9 heteroatoms. The summed E-state index contributed by atoms with van der Waals surface area (Å²) in [7, 11) is 1.30. The van der Waals surface area contributed by atoms with Crippen molar-refractivity contribution < 1.29 is 22.7 Å². The van der Waals surface area contributed by atoms with Crippen LogP contribution in [0.2, 0.25) is 5.02 Å². The molecule has 0 saturated heterocycles. The van der Waals surface area contributed by atoms with Crippen molar-refractivity contribution >= 4 is 23.5 Å². The quantitative estimate of drug-likeness (QED) is 0.525. The molecule has 0 amide bonds. The van der Waals surface area contributed by atoms with Crippen LogP contribution in [0.25, 0.3) is 0 Å². The third-order valence-electron chi connectivity index (χ3n) is 5.99. The summed E-state index contributed by atoms with van der Waals surface area (Å²) in [5.74, 6) is 0.463. The number of methoxy groups -OCH3 is 1. The molecular weight excluding hydrogens is 467 g/mol. The number of rotatable bonds is 6. The largest absolute Gasteiger partial charge is 0.466 e. The van der Waals surface area contributed by atoms with E-state index in [0.29, 0.717) is 40.3 Å². The van der Waals surface area contributed by atoms with Crippen molar-refractivity contribution in [3.05, 3.63) is 81.5 Å². The van der Waals surface area contributed by atoms with Gasteiger partial charge in [0.2, 0.25) is 0 Å². The summed E-state index contributed by atoms with van der Waals surface area (Å²) in [6, 6.07) is 11.7. The Balaban J connectivity index is 1.78. The Bertz CT molecular complexity index is 1140. The van der Waals surface area contributed by atoms with Crippen LogP contribution >= 0.6 is 11.6 Å². The van der Waals surface area contributed by atoms with Crippen LogP contribution in [0.15, 0.2) is 64.8 Å². The summed E-state index contributed by atoms with van der Waals surface area (Å²) in [6.07, 6.45) is -2.24. The maximum Gasteiger partial charge on any atom is 0.416 e. The van der Waals surface area contributed by atoms with Crippen LogP contribution in [0.1, 0.15) is 42.5 Å². The average Bonchev–Trinajstić information content (AvgIpc) is 3.63. The van der Waals surface area contributed by atoms with Crippen molar-refractivity contribution in [2.24, 2.45) is 10.9 Å². The molecular formula is C25H25ClF3N3O2. The number of benzene rings is 2. The molecule has 1 saturated carbocycles. The highest BCUT2D eigenvalue weighted by molar-refractivity contribution is 6.30. The lowest BCUT2D eigenvalue weighted by atomic mass is 9.94. The third kappa shape index (κ3) is 5.38. The minimum atomic E-state index is -4.45. The lowest BCUT2D eigenvalue weighted by Crippen LogP contribution is -2.48. The van der Waals surface area contributed by atoms with E-state index in [9.17, 15) is 18.0 Å². The topological polar surface area (TPSA) is 53.9 Å². The van der Waals surface area contributed by atoms with Crippen molar-refractivity contribution in [2.75, 3.05) is 13.7 Å². The molecule has 2 aliphatic rings. The minimum absolute atomic E-state index is 0.106. The Labute approximate surface area is 201 Å². The Hall–Kier alpha value is -3.00. The molecule has 0 radical (unpaired) electrons. The van der Waals surface area contributed by atoms with Gasteiger partial charge in [-0.15, -0.1) is 0 Å². The van der Waals surface area contributed by atoms with E-state index in [1.807, 2.05) is 6.07 Å². The molecule has 0 spiro atoms. The van der Waals surface area contributed by atoms with E-state index < -0.39 is 23.8 Å². The van der Waals surface area contributed by atoms with Crippen LogP contribution in [-0.4, -0.2) is 30.5 Å². The first kappa shape index (κ1) is 24.1. The Morgan fingerprint density at radius 3 is 2.59 bits per heavy atom. The molecule has 180 valence electrons. The van der Waals surface area contributed by atoms with E-state index in [1.165, 1.54) is 13.2 Å². The van der Waals surface area contributed by atoms with Gasteiger partial charge in [-0.25, -0.2) is 4.79 Å². The number of hydrogen-bond donors (Lipinski definition) is 1. The molecule has 2 aromatic rings. The molecule has 2 aromatic carbocycles. The van der Waals surface area contributed by atoms with Crippen LogP contribution in [0.5, 0.6) is 0 Å². The van der Waals surface area contributed by atoms with Crippen LogP contribution in [0.4, 0.5) is 13.2 Å². The van der Waals surface area contributed by atoms with E-state index in [1.54, 1.807) is 36.1 Å². The number of guanidine groups is 1. The zero-order chi connectivity index (χ0) is 24.5. The molecule has 1 atom stereocenters. The first-order valence-electron chi connectivity index (χ1n) is 11.0. The number of alkyl halides is 3. The highest BCUT2D eigenvalue weighted by Crippen LogP contribution is 2.35. The Kier molecular flexibility index (Phi) is 6.89.